The van der Waals surface area contributed by atoms with Gasteiger partial charge in [0.15, 0.2) is 0 Å². The molecule has 11 heteroatoms. The number of anilines is 2. The summed E-state index contributed by atoms with van der Waals surface area (Å²) in [6, 6.07) is 20.2. The number of fused-ring (bicyclic) bond motifs is 1. The van der Waals surface area contributed by atoms with Gasteiger partial charge in [0.25, 0.3) is 20.0 Å². The molecule has 3 N–H and O–H groups in total. The van der Waals surface area contributed by atoms with Crippen LogP contribution in [0.1, 0.15) is 66.9 Å². The van der Waals surface area contributed by atoms with E-state index in [-0.39, 0.29) is 32.7 Å². The quantitative estimate of drug-likeness (QED) is 0.200. The maximum Gasteiger partial charge on any atom is 0.343 e. The second-order valence-corrected chi connectivity index (χ2v) is 14.8. The highest BCUT2D eigenvalue weighted by Gasteiger charge is 2.38. The van der Waals surface area contributed by atoms with Gasteiger partial charge in [-0.3, -0.25) is 9.44 Å². The Balaban J connectivity index is 1.25. The molecule has 0 spiro atoms. The lowest BCUT2D eigenvalue weighted by molar-refractivity contribution is 0.382. The third-order valence-electron chi connectivity index (χ3n) is 8.27. The lowest BCUT2D eigenvalue weighted by Gasteiger charge is -2.22. The Labute approximate surface area is 257 Å². The van der Waals surface area contributed by atoms with E-state index in [4.69, 9.17) is 4.42 Å². The predicted octanol–water partition coefficient (Wildman–Crippen LogP) is 6.15. The summed E-state index contributed by atoms with van der Waals surface area (Å²) in [5.74, 6) is 0.299. The molecule has 1 aromatic heterocycles. The summed E-state index contributed by atoms with van der Waals surface area (Å²) in [4.78, 5) is 13.3. The van der Waals surface area contributed by atoms with Crippen LogP contribution in [0.4, 0.5) is 11.4 Å². The number of hydrogen-bond acceptors (Lipinski definition) is 7. The van der Waals surface area contributed by atoms with Gasteiger partial charge in [0.1, 0.15) is 11.5 Å². The van der Waals surface area contributed by atoms with Crippen molar-refractivity contribution in [3.8, 4) is 5.75 Å². The number of nitrogens with one attached hydrogen (secondary N) is 2. The van der Waals surface area contributed by atoms with Crippen LogP contribution in [-0.4, -0.2) is 21.9 Å². The van der Waals surface area contributed by atoms with Crippen LogP contribution in [0.25, 0.3) is 0 Å². The lowest BCUT2D eigenvalue weighted by Crippen LogP contribution is -2.19. The number of aryl methyl sites for hydroxylation is 1. The summed E-state index contributed by atoms with van der Waals surface area (Å²) in [6.45, 7) is 0. The van der Waals surface area contributed by atoms with Crippen LogP contribution in [0.2, 0.25) is 0 Å². The lowest BCUT2D eigenvalue weighted by atomic mass is 9.85. The summed E-state index contributed by atoms with van der Waals surface area (Å²) in [7, 11) is -7.86. The second kappa shape index (κ2) is 12.1. The summed E-state index contributed by atoms with van der Waals surface area (Å²) >= 11 is 0. The van der Waals surface area contributed by atoms with E-state index in [1.807, 2.05) is 6.07 Å². The van der Waals surface area contributed by atoms with Crippen molar-refractivity contribution in [2.45, 2.75) is 67.1 Å². The molecular formula is C33H34N2O7S2. The first-order valence-corrected chi connectivity index (χ1v) is 17.8. The van der Waals surface area contributed by atoms with Crippen LogP contribution in [0.5, 0.6) is 5.75 Å². The first kappa shape index (κ1) is 30.0. The van der Waals surface area contributed by atoms with E-state index in [0.29, 0.717) is 29.9 Å². The topological polar surface area (TPSA) is 143 Å². The molecule has 0 aliphatic heterocycles. The molecule has 0 saturated heterocycles. The Morgan fingerprint density at radius 2 is 1.36 bits per heavy atom. The van der Waals surface area contributed by atoms with Gasteiger partial charge < -0.3 is 9.52 Å². The normalized spacial score (nSPS) is 16.3. The number of rotatable bonds is 9. The maximum atomic E-state index is 13.3. The number of hydrogen-bond donors (Lipinski definition) is 3. The molecule has 1 fully saturated rings. The van der Waals surface area contributed by atoms with Crippen LogP contribution in [-0.2, 0) is 32.9 Å². The molecule has 3 aromatic carbocycles. The predicted molar refractivity (Wildman–Crippen MR) is 168 cm³/mol. The van der Waals surface area contributed by atoms with Crippen LogP contribution in [0.3, 0.4) is 0 Å². The van der Waals surface area contributed by atoms with Crippen LogP contribution < -0.4 is 15.1 Å². The molecule has 0 radical (unpaired) electrons. The largest absolute Gasteiger partial charge is 0.507 e. The number of benzene rings is 3. The fourth-order valence-electron chi connectivity index (χ4n) is 5.92. The van der Waals surface area contributed by atoms with Crippen LogP contribution >= 0.6 is 0 Å². The van der Waals surface area contributed by atoms with Gasteiger partial charge in [0, 0.05) is 29.3 Å². The Morgan fingerprint density at radius 3 is 2.05 bits per heavy atom. The first-order valence-electron chi connectivity index (χ1n) is 14.8. The van der Waals surface area contributed by atoms with Crippen molar-refractivity contribution in [3.05, 3.63) is 112 Å². The zero-order valence-electron chi connectivity index (χ0n) is 24.0. The minimum atomic E-state index is -4.03. The molecule has 2 aliphatic rings. The van der Waals surface area contributed by atoms with Gasteiger partial charge in [-0.1, -0.05) is 43.2 Å². The van der Waals surface area contributed by atoms with Gasteiger partial charge in [0.2, 0.25) is 0 Å². The van der Waals surface area contributed by atoms with Crippen molar-refractivity contribution in [1.29, 1.82) is 0 Å². The zero-order valence-corrected chi connectivity index (χ0v) is 25.7. The van der Waals surface area contributed by atoms with Crippen molar-refractivity contribution in [2.24, 2.45) is 5.92 Å². The first-order chi connectivity index (χ1) is 21.1. The van der Waals surface area contributed by atoms with Crippen molar-refractivity contribution in [3.63, 3.8) is 0 Å². The minimum Gasteiger partial charge on any atom is -0.507 e. The van der Waals surface area contributed by atoms with Crippen molar-refractivity contribution >= 4 is 31.4 Å². The maximum absolute atomic E-state index is 13.3. The average molecular weight is 635 g/mol. The van der Waals surface area contributed by atoms with Gasteiger partial charge in [-0.05, 0) is 92.1 Å². The molecule has 230 valence electrons. The number of sulfonamides is 2. The Morgan fingerprint density at radius 1 is 0.727 bits per heavy atom. The van der Waals surface area contributed by atoms with E-state index in [0.717, 1.165) is 44.1 Å². The highest BCUT2D eigenvalue weighted by atomic mass is 32.2. The SMILES string of the molecule is O=c1oc2c(c(O)c1C(c1cccc(NS(=O)(=O)c3ccc(NS(=O)(=O)c4ccccc4)cc3)c1)C1CC1)CCCCCC2. The van der Waals surface area contributed by atoms with Crippen molar-refractivity contribution in [2.75, 3.05) is 9.44 Å². The van der Waals surface area contributed by atoms with E-state index in [1.54, 1.807) is 36.4 Å². The molecule has 1 atom stereocenters. The third-order valence-corrected chi connectivity index (χ3v) is 11.1. The molecule has 1 saturated carbocycles. The second-order valence-electron chi connectivity index (χ2n) is 11.5. The molecule has 1 unspecified atom stereocenters. The van der Waals surface area contributed by atoms with Gasteiger partial charge in [-0.15, -0.1) is 0 Å². The fourth-order valence-corrected chi connectivity index (χ4v) is 8.05. The van der Waals surface area contributed by atoms with Crippen LogP contribution in [0, 0.1) is 5.92 Å². The molecule has 1 heterocycles. The molecular weight excluding hydrogens is 601 g/mol. The van der Waals surface area contributed by atoms with Gasteiger partial charge >= 0.3 is 5.63 Å². The minimum absolute atomic E-state index is 0.0176. The van der Waals surface area contributed by atoms with Crippen molar-refractivity contribution < 1.29 is 26.4 Å². The number of aromatic hydroxyl groups is 1. The smallest absolute Gasteiger partial charge is 0.343 e. The highest BCUT2D eigenvalue weighted by molar-refractivity contribution is 7.93. The Bertz CT molecular complexity index is 1930. The molecule has 2 aliphatic carbocycles. The van der Waals surface area contributed by atoms with Gasteiger partial charge in [0.05, 0.1) is 15.4 Å². The standard InChI is InChI=1S/C33H34N2O7S2/c36-32-28-13-6-1-2-7-14-29(28)42-33(37)31(32)30(22-15-16-22)23-9-8-10-25(21-23)35-44(40,41)27-19-17-24(18-20-27)34-43(38,39)26-11-4-3-5-12-26/h3-5,8-12,17-22,30,34-36H,1-2,6-7,13-16H2. The van der Waals surface area contributed by atoms with Crippen molar-refractivity contribution in [1.82, 2.24) is 0 Å². The third kappa shape index (κ3) is 6.39. The van der Waals surface area contributed by atoms with Gasteiger partial charge in [-0.2, -0.15) is 0 Å². The summed E-state index contributed by atoms with van der Waals surface area (Å²) in [5.41, 5.74) is 1.67. The molecule has 9 nitrogen and oxygen atoms in total. The zero-order chi connectivity index (χ0) is 30.9. The molecule has 44 heavy (non-hydrogen) atoms. The van der Waals surface area contributed by atoms with Crippen LogP contribution in [0.15, 0.2) is 97.9 Å². The van der Waals surface area contributed by atoms with Gasteiger partial charge in [-0.25, -0.2) is 21.6 Å². The molecule has 0 amide bonds. The monoisotopic (exact) mass is 634 g/mol. The van der Waals surface area contributed by atoms with E-state index >= 15 is 0 Å². The van der Waals surface area contributed by atoms with E-state index < -0.39 is 31.6 Å². The van der Waals surface area contributed by atoms with E-state index in [1.165, 1.54) is 36.4 Å². The molecule has 4 aromatic rings. The highest BCUT2D eigenvalue weighted by Crippen LogP contribution is 2.49. The summed E-state index contributed by atoms with van der Waals surface area (Å²) in [6.07, 6.45) is 7.01. The summed E-state index contributed by atoms with van der Waals surface area (Å²) < 4.78 is 62.7. The fraction of sp³-hybridized carbons (Fsp3) is 0.303. The molecule has 0 bridgehead atoms. The average Bonchev–Trinajstić information content (AvgIpc) is 3.82. The Kier molecular flexibility index (Phi) is 8.26. The van der Waals surface area contributed by atoms with E-state index in [2.05, 4.69) is 9.44 Å². The summed E-state index contributed by atoms with van der Waals surface area (Å²) in [5, 5.41) is 11.4. The van der Waals surface area contributed by atoms with E-state index in [9.17, 15) is 26.7 Å². The Hall–Kier alpha value is -4.09. The molecule has 6 rings (SSSR count).